The van der Waals surface area contributed by atoms with Gasteiger partial charge in [-0.1, -0.05) is 44.7 Å². The molecule has 2 aromatic carbocycles. The first kappa shape index (κ1) is 18.9. The molecule has 1 N–H and O–H groups in total. The van der Waals surface area contributed by atoms with Gasteiger partial charge in [0.1, 0.15) is 0 Å². The first-order chi connectivity index (χ1) is 13.7. The van der Waals surface area contributed by atoms with Gasteiger partial charge in [0.2, 0.25) is 0 Å². The van der Waals surface area contributed by atoms with Gasteiger partial charge >= 0.3 is 0 Å². The lowest BCUT2D eigenvalue weighted by molar-refractivity contribution is 0.0608. The lowest BCUT2D eigenvalue weighted by atomic mass is 9.92. The standard InChI is InChI=1S/C23H29N3O2/c1-2-3-4-5-6-14-26-22(27)18-9-7-8-17-20(25-15-12-24-13-16-25)11-10-19(21(17)18)23(26)28/h7-11,24H,2-6,12-16H2,1H3. The molecule has 0 unspecified atom stereocenters. The molecule has 2 heterocycles. The molecule has 2 amide bonds. The maximum atomic E-state index is 13.1. The van der Waals surface area contributed by atoms with Crippen LogP contribution < -0.4 is 10.2 Å². The molecule has 5 nitrogen and oxygen atoms in total. The molecule has 4 rings (SSSR count). The highest BCUT2D eigenvalue weighted by atomic mass is 16.2. The lowest BCUT2D eigenvalue weighted by Gasteiger charge is -2.32. The van der Waals surface area contributed by atoms with Crippen LogP contribution in [0.4, 0.5) is 5.69 Å². The molecular weight excluding hydrogens is 350 g/mol. The van der Waals surface area contributed by atoms with Crippen molar-refractivity contribution >= 4 is 28.3 Å². The number of nitrogens with one attached hydrogen (secondary N) is 1. The number of amides is 2. The summed E-state index contributed by atoms with van der Waals surface area (Å²) in [4.78, 5) is 30.0. The number of nitrogens with zero attached hydrogens (tertiary/aromatic N) is 2. The van der Waals surface area contributed by atoms with E-state index in [9.17, 15) is 9.59 Å². The van der Waals surface area contributed by atoms with Crippen LogP contribution >= 0.6 is 0 Å². The quantitative estimate of drug-likeness (QED) is 0.587. The highest BCUT2D eigenvalue weighted by molar-refractivity contribution is 6.26. The van der Waals surface area contributed by atoms with E-state index in [0.717, 1.165) is 61.9 Å². The minimum Gasteiger partial charge on any atom is -0.368 e. The summed E-state index contributed by atoms with van der Waals surface area (Å²) in [7, 11) is 0. The van der Waals surface area contributed by atoms with Crippen molar-refractivity contribution in [2.45, 2.75) is 39.0 Å². The van der Waals surface area contributed by atoms with Gasteiger partial charge in [-0.15, -0.1) is 0 Å². The van der Waals surface area contributed by atoms with Crippen LogP contribution in [0.15, 0.2) is 30.3 Å². The van der Waals surface area contributed by atoms with E-state index in [0.29, 0.717) is 17.7 Å². The summed E-state index contributed by atoms with van der Waals surface area (Å²) in [6, 6.07) is 9.83. The zero-order valence-corrected chi connectivity index (χ0v) is 16.7. The summed E-state index contributed by atoms with van der Waals surface area (Å²) in [5.74, 6) is -0.285. The second-order valence-electron chi connectivity index (χ2n) is 7.77. The normalized spacial score (nSPS) is 16.9. The molecule has 0 aliphatic carbocycles. The molecule has 2 aromatic rings. The van der Waals surface area contributed by atoms with Crippen LogP contribution in [-0.2, 0) is 0 Å². The third kappa shape index (κ3) is 3.39. The molecule has 0 spiro atoms. The van der Waals surface area contributed by atoms with Crippen molar-refractivity contribution in [3.05, 3.63) is 41.5 Å². The summed E-state index contributed by atoms with van der Waals surface area (Å²) in [6.07, 6.45) is 5.49. The fraction of sp³-hybridized carbons (Fsp3) is 0.478. The maximum absolute atomic E-state index is 13.1. The van der Waals surface area contributed by atoms with Crippen molar-refractivity contribution in [3.63, 3.8) is 0 Å². The van der Waals surface area contributed by atoms with E-state index in [2.05, 4.69) is 23.2 Å². The Morgan fingerprint density at radius 3 is 2.36 bits per heavy atom. The van der Waals surface area contributed by atoms with Gasteiger partial charge < -0.3 is 10.2 Å². The molecule has 0 atom stereocenters. The molecule has 5 heteroatoms. The third-order valence-corrected chi connectivity index (χ3v) is 5.91. The van der Waals surface area contributed by atoms with Crippen LogP contribution in [0.2, 0.25) is 0 Å². The lowest BCUT2D eigenvalue weighted by Crippen LogP contribution is -2.44. The minimum absolute atomic E-state index is 0.143. The van der Waals surface area contributed by atoms with Gasteiger partial charge in [0.05, 0.1) is 0 Å². The van der Waals surface area contributed by atoms with E-state index >= 15 is 0 Å². The minimum atomic E-state index is -0.143. The van der Waals surface area contributed by atoms with Crippen LogP contribution in [0.1, 0.15) is 59.7 Å². The Bertz CT molecular complexity index is 865. The summed E-state index contributed by atoms with van der Waals surface area (Å²) < 4.78 is 0. The van der Waals surface area contributed by atoms with E-state index in [-0.39, 0.29) is 11.8 Å². The highest BCUT2D eigenvalue weighted by Gasteiger charge is 2.33. The molecule has 28 heavy (non-hydrogen) atoms. The van der Waals surface area contributed by atoms with Crippen LogP contribution in [0.25, 0.3) is 10.8 Å². The molecule has 2 aliphatic rings. The number of benzene rings is 2. The van der Waals surface area contributed by atoms with Crippen LogP contribution in [0, 0.1) is 0 Å². The number of piperazine rings is 1. The van der Waals surface area contributed by atoms with Crippen molar-refractivity contribution in [2.75, 3.05) is 37.6 Å². The zero-order valence-electron chi connectivity index (χ0n) is 16.7. The van der Waals surface area contributed by atoms with Crippen molar-refractivity contribution in [1.82, 2.24) is 10.2 Å². The number of unbranched alkanes of at least 4 members (excludes halogenated alkanes) is 4. The van der Waals surface area contributed by atoms with Crippen LogP contribution in [0.3, 0.4) is 0 Å². The topological polar surface area (TPSA) is 52.7 Å². The number of hydrogen-bond donors (Lipinski definition) is 1. The first-order valence-corrected chi connectivity index (χ1v) is 10.6. The third-order valence-electron chi connectivity index (χ3n) is 5.91. The number of imide groups is 1. The molecule has 2 aliphatic heterocycles. The van der Waals surface area contributed by atoms with Gasteiger partial charge in [-0.3, -0.25) is 14.5 Å². The van der Waals surface area contributed by atoms with Gasteiger partial charge in [-0.25, -0.2) is 0 Å². The van der Waals surface area contributed by atoms with Crippen molar-refractivity contribution in [3.8, 4) is 0 Å². The Morgan fingerprint density at radius 1 is 0.893 bits per heavy atom. The number of carbonyl (C=O) groups is 2. The zero-order chi connectivity index (χ0) is 19.5. The predicted octanol–water partition coefficient (Wildman–Crippen LogP) is 3.82. The second kappa shape index (κ2) is 8.31. The first-order valence-electron chi connectivity index (χ1n) is 10.6. The highest BCUT2D eigenvalue weighted by Crippen LogP contribution is 2.36. The number of carbonyl (C=O) groups excluding carboxylic acids is 2. The van der Waals surface area contributed by atoms with Gasteiger partial charge in [0.25, 0.3) is 11.8 Å². The number of hydrogen-bond acceptors (Lipinski definition) is 4. The van der Waals surface area contributed by atoms with E-state index < -0.39 is 0 Å². The van der Waals surface area contributed by atoms with E-state index in [1.807, 2.05) is 24.3 Å². The Kier molecular flexibility index (Phi) is 5.62. The Balaban J connectivity index is 1.65. The summed E-state index contributed by atoms with van der Waals surface area (Å²) in [5.41, 5.74) is 2.45. The van der Waals surface area contributed by atoms with E-state index in [1.54, 1.807) is 0 Å². The monoisotopic (exact) mass is 379 g/mol. The molecule has 148 valence electrons. The molecule has 0 radical (unpaired) electrons. The van der Waals surface area contributed by atoms with Crippen LogP contribution in [-0.4, -0.2) is 49.4 Å². The number of rotatable bonds is 7. The number of anilines is 1. The van der Waals surface area contributed by atoms with Gasteiger partial charge in [-0.05, 0) is 24.6 Å². The smallest absolute Gasteiger partial charge is 0.261 e. The van der Waals surface area contributed by atoms with Crippen molar-refractivity contribution < 1.29 is 9.59 Å². The molecule has 0 aromatic heterocycles. The SMILES string of the molecule is CCCCCCCN1C(=O)c2cccc3c(N4CCNCC4)ccc(c23)C1=O. The van der Waals surface area contributed by atoms with Gasteiger partial charge in [-0.2, -0.15) is 0 Å². The van der Waals surface area contributed by atoms with Crippen molar-refractivity contribution in [1.29, 1.82) is 0 Å². The fourth-order valence-corrected chi connectivity index (χ4v) is 4.39. The molecule has 1 fully saturated rings. The molecule has 1 saturated heterocycles. The summed E-state index contributed by atoms with van der Waals surface area (Å²) in [5, 5.41) is 5.22. The Labute approximate surface area is 166 Å². The summed E-state index contributed by atoms with van der Waals surface area (Å²) in [6.45, 7) is 6.47. The fourth-order valence-electron chi connectivity index (χ4n) is 4.39. The Hall–Kier alpha value is -2.40. The largest absolute Gasteiger partial charge is 0.368 e. The van der Waals surface area contributed by atoms with Gasteiger partial charge in [0, 0.05) is 60.3 Å². The maximum Gasteiger partial charge on any atom is 0.261 e. The average Bonchev–Trinajstić information content (AvgIpc) is 2.74. The Morgan fingerprint density at radius 2 is 1.61 bits per heavy atom. The van der Waals surface area contributed by atoms with E-state index in [1.165, 1.54) is 17.7 Å². The van der Waals surface area contributed by atoms with Crippen LogP contribution in [0.5, 0.6) is 0 Å². The van der Waals surface area contributed by atoms with Gasteiger partial charge in [0.15, 0.2) is 0 Å². The summed E-state index contributed by atoms with van der Waals surface area (Å²) >= 11 is 0. The second-order valence-corrected chi connectivity index (χ2v) is 7.77. The average molecular weight is 380 g/mol. The van der Waals surface area contributed by atoms with E-state index in [4.69, 9.17) is 0 Å². The van der Waals surface area contributed by atoms with Crippen molar-refractivity contribution in [2.24, 2.45) is 0 Å². The molecular formula is C23H29N3O2. The molecule has 0 saturated carbocycles. The predicted molar refractivity (Wildman–Crippen MR) is 113 cm³/mol. The molecule has 0 bridgehead atoms.